The summed E-state index contributed by atoms with van der Waals surface area (Å²) in [5.41, 5.74) is 17.5. The number of hydrogen-bond acceptors (Lipinski definition) is 4. The highest BCUT2D eigenvalue weighted by molar-refractivity contribution is 6.01. The molecule has 0 atom stereocenters. The van der Waals surface area contributed by atoms with Gasteiger partial charge in [-0.25, -0.2) is 9.59 Å². The first kappa shape index (κ1) is 19.0. The molecular formula is C10H16N6O4. The van der Waals surface area contributed by atoms with Crippen LogP contribution >= 0.6 is 0 Å². The lowest BCUT2D eigenvalue weighted by Gasteiger charge is -1.98. The molecule has 0 amide bonds. The number of carbonyl (C=O) groups is 2. The smallest absolute Gasteiger partial charge is 0.336 e. The van der Waals surface area contributed by atoms with Crippen molar-refractivity contribution in [3.63, 3.8) is 0 Å². The molecule has 0 heterocycles. The van der Waals surface area contributed by atoms with E-state index in [9.17, 15) is 9.59 Å². The number of benzene rings is 1. The highest BCUT2D eigenvalue weighted by Crippen LogP contribution is 2.07. The Morgan fingerprint density at radius 2 is 1.00 bits per heavy atom. The molecule has 0 radical (unpaired) electrons. The number of aromatic carboxylic acids is 2. The zero-order valence-corrected chi connectivity index (χ0v) is 10.3. The first-order valence-electron chi connectivity index (χ1n) is 4.84. The van der Waals surface area contributed by atoms with Gasteiger partial charge in [0.15, 0.2) is 11.9 Å². The van der Waals surface area contributed by atoms with Crippen LogP contribution in [0.5, 0.6) is 0 Å². The lowest BCUT2D eigenvalue weighted by molar-refractivity contribution is 0.0651. The highest BCUT2D eigenvalue weighted by atomic mass is 16.4. The minimum atomic E-state index is -1.23. The van der Waals surface area contributed by atoms with Gasteiger partial charge in [0, 0.05) is 0 Å². The first-order chi connectivity index (χ1) is 9.09. The Labute approximate surface area is 114 Å². The molecule has 0 saturated heterocycles. The molecule has 0 aliphatic carbocycles. The number of nitrogens with two attached hydrogens (primary N) is 4. The fraction of sp³-hybridized carbons (Fsp3) is 0. The molecule has 0 unspecified atom stereocenters. The van der Waals surface area contributed by atoms with Crippen molar-refractivity contribution in [1.82, 2.24) is 0 Å². The average Bonchev–Trinajstić information content (AvgIpc) is 2.27. The minimum Gasteiger partial charge on any atom is -0.478 e. The summed E-state index contributed by atoms with van der Waals surface area (Å²) in [6.45, 7) is 0. The van der Waals surface area contributed by atoms with E-state index < -0.39 is 11.9 Å². The molecule has 0 spiro atoms. The number of guanidine groups is 2. The maximum atomic E-state index is 10.5. The van der Waals surface area contributed by atoms with Crippen LogP contribution in [0, 0.1) is 10.8 Å². The summed E-state index contributed by atoms with van der Waals surface area (Å²) in [5, 5.41) is 29.2. The number of nitrogens with one attached hydrogen (secondary N) is 2. The predicted molar refractivity (Wildman–Crippen MR) is 72.6 cm³/mol. The van der Waals surface area contributed by atoms with Gasteiger partial charge in [0.1, 0.15) is 0 Å². The van der Waals surface area contributed by atoms with Crippen molar-refractivity contribution in [2.24, 2.45) is 22.9 Å². The molecule has 1 aromatic carbocycles. The molecule has 110 valence electrons. The van der Waals surface area contributed by atoms with E-state index in [0.717, 1.165) is 0 Å². The van der Waals surface area contributed by atoms with Crippen LogP contribution in [-0.4, -0.2) is 34.1 Å². The molecule has 12 N–H and O–H groups in total. The van der Waals surface area contributed by atoms with E-state index in [1.165, 1.54) is 24.3 Å². The van der Waals surface area contributed by atoms with Crippen molar-refractivity contribution in [2.45, 2.75) is 0 Å². The van der Waals surface area contributed by atoms with Gasteiger partial charge in [0.05, 0.1) is 11.1 Å². The third-order valence-electron chi connectivity index (χ3n) is 1.39. The van der Waals surface area contributed by atoms with E-state index in [1.54, 1.807) is 0 Å². The van der Waals surface area contributed by atoms with Crippen LogP contribution < -0.4 is 22.9 Å². The van der Waals surface area contributed by atoms with Crippen molar-refractivity contribution in [1.29, 1.82) is 10.8 Å². The monoisotopic (exact) mass is 284 g/mol. The normalized spacial score (nSPS) is 8.00. The molecule has 20 heavy (non-hydrogen) atoms. The van der Waals surface area contributed by atoms with Crippen molar-refractivity contribution in [3.05, 3.63) is 35.4 Å². The van der Waals surface area contributed by atoms with Crippen LogP contribution in [0.1, 0.15) is 20.7 Å². The molecule has 1 rings (SSSR count). The Bertz CT molecular complexity index is 449. The Morgan fingerprint density at radius 1 is 0.800 bits per heavy atom. The summed E-state index contributed by atoms with van der Waals surface area (Å²) in [4.78, 5) is 20.9. The largest absolute Gasteiger partial charge is 0.478 e. The Morgan fingerprint density at radius 3 is 1.15 bits per heavy atom. The maximum Gasteiger partial charge on any atom is 0.336 e. The van der Waals surface area contributed by atoms with Crippen molar-refractivity contribution in [3.8, 4) is 0 Å². The third-order valence-corrected chi connectivity index (χ3v) is 1.39. The average molecular weight is 284 g/mol. The summed E-state index contributed by atoms with van der Waals surface area (Å²) in [7, 11) is 0. The summed E-state index contributed by atoms with van der Waals surface area (Å²) >= 11 is 0. The Balaban J connectivity index is 0. The van der Waals surface area contributed by atoms with E-state index >= 15 is 0 Å². The first-order valence-corrected chi connectivity index (χ1v) is 4.84. The topological polar surface area (TPSA) is 226 Å². The van der Waals surface area contributed by atoms with Crippen LogP contribution in [0.2, 0.25) is 0 Å². The van der Waals surface area contributed by atoms with Gasteiger partial charge in [-0.2, -0.15) is 0 Å². The highest BCUT2D eigenvalue weighted by Gasteiger charge is 2.13. The van der Waals surface area contributed by atoms with Crippen molar-refractivity contribution in [2.75, 3.05) is 0 Å². The van der Waals surface area contributed by atoms with Gasteiger partial charge in [0.25, 0.3) is 0 Å². The summed E-state index contributed by atoms with van der Waals surface area (Å²) in [6, 6.07) is 5.48. The lowest BCUT2D eigenvalue weighted by atomic mass is 10.1. The van der Waals surface area contributed by atoms with Gasteiger partial charge in [-0.3, -0.25) is 10.8 Å². The predicted octanol–water partition coefficient (Wildman–Crippen LogP) is -1.24. The molecule has 0 fully saturated rings. The van der Waals surface area contributed by atoms with E-state index in [2.05, 4.69) is 22.9 Å². The lowest BCUT2D eigenvalue weighted by Crippen LogP contribution is -2.20. The molecule has 0 aromatic heterocycles. The van der Waals surface area contributed by atoms with Gasteiger partial charge in [-0.05, 0) is 12.1 Å². The second-order valence-electron chi connectivity index (χ2n) is 3.07. The standard InChI is InChI=1S/C8H6O4.2CH5N3/c9-7(10)5-3-1-2-4-6(5)8(11)12;2*2-1(3)4/h1-4H,(H,9,10)(H,11,12);2*(H5,2,3,4). The van der Waals surface area contributed by atoms with Crippen LogP contribution in [0.15, 0.2) is 24.3 Å². The fourth-order valence-corrected chi connectivity index (χ4v) is 0.856. The molecule has 10 heteroatoms. The molecular weight excluding hydrogens is 268 g/mol. The SMILES string of the molecule is N=C(N)N.N=C(N)N.O=C(O)c1ccccc1C(=O)O. The van der Waals surface area contributed by atoms with Crippen molar-refractivity contribution < 1.29 is 19.8 Å². The van der Waals surface area contributed by atoms with Crippen molar-refractivity contribution >= 4 is 23.9 Å². The fourth-order valence-electron chi connectivity index (χ4n) is 0.856. The number of carboxylic acid groups (broad SMARTS) is 2. The zero-order valence-electron chi connectivity index (χ0n) is 10.3. The molecule has 1 aromatic rings. The third kappa shape index (κ3) is 11.2. The summed E-state index contributed by atoms with van der Waals surface area (Å²) < 4.78 is 0. The van der Waals surface area contributed by atoms with E-state index in [-0.39, 0.29) is 23.0 Å². The molecule has 0 aliphatic rings. The maximum absolute atomic E-state index is 10.5. The number of rotatable bonds is 2. The van der Waals surface area contributed by atoms with Gasteiger partial charge < -0.3 is 33.1 Å². The van der Waals surface area contributed by atoms with Gasteiger partial charge >= 0.3 is 11.9 Å². The van der Waals surface area contributed by atoms with Crippen LogP contribution in [-0.2, 0) is 0 Å². The molecule has 0 bridgehead atoms. The van der Waals surface area contributed by atoms with Crippen LogP contribution in [0.3, 0.4) is 0 Å². The second-order valence-corrected chi connectivity index (χ2v) is 3.07. The van der Waals surface area contributed by atoms with E-state index in [4.69, 9.17) is 21.0 Å². The van der Waals surface area contributed by atoms with Gasteiger partial charge in [-0.15, -0.1) is 0 Å². The molecule has 0 aliphatic heterocycles. The van der Waals surface area contributed by atoms with E-state index in [1.807, 2.05) is 0 Å². The Hall–Kier alpha value is -3.30. The zero-order chi connectivity index (χ0) is 16.3. The number of hydrogen-bond donors (Lipinski definition) is 8. The minimum absolute atomic E-state index is 0.190. The van der Waals surface area contributed by atoms with Gasteiger partial charge in [0.2, 0.25) is 0 Å². The molecule has 0 saturated carbocycles. The quantitative estimate of drug-likeness (QED) is 0.241. The van der Waals surface area contributed by atoms with Gasteiger partial charge in [-0.1, -0.05) is 12.1 Å². The summed E-state index contributed by atoms with van der Waals surface area (Å²) in [5.74, 6) is -3.12. The van der Waals surface area contributed by atoms with Crippen LogP contribution in [0.4, 0.5) is 0 Å². The second kappa shape index (κ2) is 9.70. The molecule has 10 nitrogen and oxygen atoms in total. The summed E-state index contributed by atoms with van der Waals surface area (Å²) in [6.07, 6.45) is 0. The Kier molecular flexibility index (Phi) is 9.24. The van der Waals surface area contributed by atoms with E-state index in [0.29, 0.717) is 0 Å². The number of carboxylic acids is 2. The van der Waals surface area contributed by atoms with Crippen LogP contribution in [0.25, 0.3) is 0 Å².